The highest BCUT2D eigenvalue weighted by atomic mass is 16.2. The number of rotatable bonds is 3. The summed E-state index contributed by atoms with van der Waals surface area (Å²) in [4.78, 5) is 17.7. The van der Waals surface area contributed by atoms with Gasteiger partial charge in [0, 0.05) is 44.2 Å². The van der Waals surface area contributed by atoms with Gasteiger partial charge in [-0.1, -0.05) is 30.3 Å². The minimum absolute atomic E-state index is 0.212. The predicted molar refractivity (Wildman–Crippen MR) is 97.7 cm³/mol. The maximum absolute atomic E-state index is 13.0. The van der Waals surface area contributed by atoms with Crippen LogP contribution in [-0.2, 0) is 11.3 Å². The molecule has 0 radical (unpaired) electrons. The average molecular weight is 329 g/mol. The third-order valence-electron chi connectivity index (χ3n) is 5.43. The van der Waals surface area contributed by atoms with Crippen LogP contribution in [0.15, 0.2) is 30.3 Å². The second-order valence-electron chi connectivity index (χ2n) is 7.53. The van der Waals surface area contributed by atoms with Gasteiger partial charge in [-0.25, -0.2) is 0 Å². The maximum Gasteiger partial charge on any atom is 0.226 e. The molecule has 1 aromatic carbocycles. The van der Waals surface area contributed by atoms with Gasteiger partial charge in [-0.15, -0.1) is 0 Å². The van der Waals surface area contributed by atoms with Crippen molar-refractivity contribution in [2.24, 2.45) is 5.92 Å². The minimum Gasteiger partial charge on any atom is -0.338 e. The van der Waals surface area contributed by atoms with Crippen LogP contribution in [0, 0.1) is 5.92 Å². The molecule has 2 heterocycles. The molecule has 1 N–H and O–H groups in total. The molecule has 0 saturated carbocycles. The Labute approximate surface area is 146 Å². The van der Waals surface area contributed by atoms with Crippen LogP contribution in [0.25, 0.3) is 0 Å². The zero-order valence-corrected chi connectivity index (χ0v) is 15.1. The van der Waals surface area contributed by atoms with Crippen molar-refractivity contribution in [1.29, 1.82) is 0 Å². The molecule has 0 spiro atoms. The topological polar surface area (TPSA) is 35.6 Å². The molecule has 4 heteroatoms. The smallest absolute Gasteiger partial charge is 0.226 e. The number of nitrogens with zero attached hydrogens (tertiary/aromatic N) is 2. The van der Waals surface area contributed by atoms with Gasteiger partial charge in [-0.05, 0) is 45.2 Å². The van der Waals surface area contributed by atoms with Gasteiger partial charge in [0.15, 0.2) is 0 Å². The van der Waals surface area contributed by atoms with Gasteiger partial charge < -0.3 is 10.2 Å². The quantitative estimate of drug-likeness (QED) is 0.925. The number of carbonyl (C=O) groups excluding carboxylic acids is 1. The molecule has 2 fully saturated rings. The van der Waals surface area contributed by atoms with Gasteiger partial charge in [-0.2, -0.15) is 0 Å². The first-order valence-corrected chi connectivity index (χ1v) is 9.43. The summed E-state index contributed by atoms with van der Waals surface area (Å²) in [5.41, 5.74) is 1.36. The fraction of sp³-hybridized carbons (Fsp3) is 0.650. The lowest BCUT2D eigenvalue weighted by molar-refractivity contribution is -0.138. The van der Waals surface area contributed by atoms with E-state index in [-0.39, 0.29) is 5.92 Å². The van der Waals surface area contributed by atoms with E-state index in [4.69, 9.17) is 0 Å². The first-order chi connectivity index (χ1) is 11.6. The van der Waals surface area contributed by atoms with E-state index >= 15 is 0 Å². The molecule has 3 atom stereocenters. The van der Waals surface area contributed by atoms with Crippen molar-refractivity contribution >= 4 is 5.91 Å². The predicted octanol–water partition coefficient (Wildman–Crippen LogP) is 2.50. The summed E-state index contributed by atoms with van der Waals surface area (Å²) in [6.45, 7) is 9.31. The molecule has 132 valence electrons. The first-order valence-electron chi connectivity index (χ1n) is 9.43. The van der Waals surface area contributed by atoms with Gasteiger partial charge in [0.05, 0.1) is 0 Å². The Kier molecular flexibility index (Phi) is 5.90. The monoisotopic (exact) mass is 329 g/mol. The fourth-order valence-electron chi connectivity index (χ4n) is 4.15. The molecule has 0 bridgehead atoms. The van der Waals surface area contributed by atoms with Crippen LogP contribution in [0.5, 0.6) is 0 Å². The van der Waals surface area contributed by atoms with Gasteiger partial charge in [0.25, 0.3) is 0 Å². The molecule has 4 nitrogen and oxygen atoms in total. The molecule has 2 saturated heterocycles. The lowest BCUT2D eigenvalue weighted by Gasteiger charge is -2.35. The van der Waals surface area contributed by atoms with E-state index in [1.165, 1.54) is 5.56 Å². The summed E-state index contributed by atoms with van der Waals surface area (Å²) in [5, 5.41) is 3.45. The Morgan fingerprint density at radius 1 is 1.21 bits per heavy atom. The number of hydrogen-bond acceptors (Lipinski definition) is 3. The first kappa shape index (κ1) is 17.4. The average Bonchev–Trinajstić information content (AvgIpc) is 2.76. The van der Waals surface area contributed by atoms with Gasteiger partial charge >= 0.3 is 0 Å². The van der Waals surface area contributed by atoms with E-state index in [1.807, 2.05) is 0 Å². The molecular formula is C20H31N3O. The third kappa shape index (κ3) is 4.37. The number of hydrogen-bond donors (Lipinski definition) is 1. The molecular weight excluding hydrogens is 298 g/mol. The van der Waals surface area contributed by atoms with Crippen LogP contribution in [0.3, 0.4) is 0 Å². The third-order valence-corrected chi connectivity index (χ3v) is 5.43. The standard InChI is InChI=1S/C20H31N3O/c1-16-13-19(9-10-21-16)20(24)23-12-6-11-22(14-17(23)2)15-18-7-4-3-5-8-18/h3-5,7-8,16-17,19,21H,6,9-15H2,1-2H3/t16-,17?,19-/m0/s1. The molecule has 0 aromatic heterocycles. The van der Waals surface area contributed by atoms with E-state index in [1.54, 1.807) is 0 Å². The van der Waals surface area contributed by atoms with E-state index in [2.05, 4.69) is 59.3 Å². The second-order valence-corrected chi connectivity index (χ2v) is 7.53. The molecule has 1 unspecified atom stereocenters. The van der Waals surface area contributed by atoms with Crippen LogP contribution < -0.4 is 5.32 Å². The zero-order valence-electron chi connectivity index (χ0n) is 15.1. The Morgan fingerprint density at radius 2 is 2.00 bits per heavy atom. The zero-order chi connectivity index (χ0) is 16.9. The largest absolute Gasteiger partial charge is 0.338 e. The van der Waals surface area contributed by atoms with Crippen molar-refractivity contribution in [1.82, 2.24) is 15.1 Å². The molecule has 2 aliphatic heterocycles. The molecule has 1 amide bonds. The van der Waals surface area contributed by atoms with Crippen LogP contribution in [0.2, 0.25) is 0 Å². The lowest BCUT2D eigenvalue weighted by atomic mass is 9.91. The van der Waals surface area contributed by atoms with Gasteiger partial charge in [0.1, 0.15) is 0 Å². The Hall–Kier alpha value is -1.39. The Balaban J connectivity index is 1.59. The summed E-state index contributed by atoms with van der Waals surface area (Å²) in [6.07, 6.45) is 3.04. The highest BCUT2D eigenvalue weighted by molar-refractivity contribution is 5.79. The summed E-state index contributed by atoms with van der Waals surface area (Å²) < 4.78 is 0. The van der Waals surface area contributed by atoms with Crippen molar-refractivity contribution in [2.45, 2.75) is 51.7 Å². The number of amides is 1. The maximum atomic E-state index is 13.0. The van der Waals surface area contributed by atoms with Crippen molar-refractivity contribution < 1.29 is 4.79 Å². The second kappa shape index (κ2) is 8.13. The van der Waals surface area contributed by atoms with Crippen LogP contribution in [0.4, 0.5) is 0 Å². The summed E-state index contributed by atoms with van der Waals surface area (Å²) in [5.74, 6) is 0.599. The van der Waals surface area contributed by atoms with Crippen molar-refractivity contribution in [2.75, 3.05) is 26.2 Å². The summed E-state index contributed by atoms with van der Waals surface area (Å²) in [6, 6.07) is 11.4. The SMILES string of the molecule is CC1CN(Cc2ccccc2)CCCN1C(=O)[C@H]1CCN[C@@H](C)C1. The van der Waals surface area contributed by atoms with Crippen LogP contribution >= 0.6 is 0 Å². The van der Waals surface area contributed by atoms with E-state index in [9.17, 15) is 4.79 Å². The number of benzene rings is 1. The van der Waals surface area contributed by atoms with Crippen LogP contribution in [0.1, 0.15) is 38.7 Å². The van der Waals surface area contributed by atoms with Gasteiger partial charge in [-0.3, -0.25) is 9.69 Å². The molecule has 24 heavy (non-hydrogen) atoms. The molecule has 0 aliphatic carbocycles. The molecule has 1 aromatic rings. The number of nitrogens with one attached hydrogen (secondary N) is 1. The Bertz CT molecular complexity index is 533. The lowest BCUT2D eigenvalue weighted by Crippen LogP contribution is -2.48. The van der Waals surface area contributed by atoms with Crippen molar-refractivity contribution in [3.05, 3.63) is 35.9 Å². The van der Waals surface area contributed by atoms with E-state index in [0.717, 1.165) is 52.0 Å². The minimum atomic E-state index is 0.212. The molecule has 2 aliphatic rings. The highest BCUT2D eigenvalue weighted by Gasteiger charge is 2.32. The highest BCUT2D eigenvalue weighted by Crippen LogP contribution is 2.22. The fourth-order valence-corrected chi connectivity index (χ4v) is 4.15. The molecule has 3 rings (SSSR count). The normalized spacial score (nSPS) is 29.2. The van der Waals surface area contributed by atoms with Crippen molar-refractivity contribution in [3.8, 4) is 0 Å². The number of carbonyl (C=O) groups is 1. The van der Waals surface area contributed by atoms with Crippen molar-refractivity contribution in [3.63, 3.8) is 0 Å². The summed E-state index contributed by atoms with van der Waals surface area (Å²) >= 11 is 0. The van der Waals surface area contributed by atoms with E-state index < -0.39 is 0 Å². The van der Waals surface area contributed by atoms with E-state index in [0.29, 0.717) is 18.0 Å². The Morgan fingerprint density at radius 3 is 2.75 bits per heavy atom. The number of piperidine rings is 1. The van der Waals surface area contributed by atoms with Gasteiger partial charge in [0.2, 0.25) is 5.91 Å². The summed E-state index contributed by atoms with van der Waals surface area (Å²) in [7, 11) is 0. The van der Waals surface area contributed by atoms with Crippen LogP contribution in [-0.4, -0.2) is 54.0 Å².